The van der Waals surface area contributed by atoms with Gasteiger partial charge in [0, 0.05) is 38.3 Å². The molecule has 51 heavy (non-hydrogen) atoms. The molecule has 0 aliphatic heterocycles. The molecule has 10 rings (SSSR count). The van der Waals surface area contributed by atoms with Crippen LogP contribution in [0.1, 0.15) is 25.0 Å². The molecule has 0 spiro atoms. The number of para-hydroxylation sites is 2. The minimum atomic E-state index is -0.168. The fraction of sp³-hybridized carbons (Fsp3) is 0.0625. The number of pyridine rings is 1. The van der Waals surface area contributed by atoms with Crippen LogP contribution < -0.4 is 0 Å². The van der Waals surface area contributed by atoms with Gasteiger partial charge in [0.25, 0.3) is 0 Å². The van der Waals surface area contributed by atoms with Crippen molar-refractivity contribution >= 4 is 32.6 Å². The highest BCUT2D eigenvalue weighted by molar-refractivity contribution is 6.15. The maximum atomic E-state index is 5.37. The summed E-state index contributed by atoms with van der Waals surface area (Å²) in [5.41, 5.74) is 14.5. The second kappa shape index (κ2) is 11.3. The molecule has 7 aromatic carbocycles. The third-order valence-corrected chi connectivity index (χ3v) is 10.7. The molecule has 2 heterocycles. The Kier molecular flexibility index (Phi) is 6.53. The SMILES string of the molecule is CC1(C)c2ccccc2-c2ccc3c(c(-c4ccc(-c5nc(-c6ccc(-c7ccccc7)cc6)c6ccccc6n5)cc4)nc4ccccc43)c21. The summed E-state index contributed by atoms with van der Waals surface area (Å²) in [6.07, 6.45) is 0. The number of hydrogen-bond acceptors (Lipinski definition) is 3. The Morgan fingerprint density at radius 3 is 1.71 bits per heavy atom. The van der Waals surface area contributed by atoms with E-state index >= 15 is 0 Å². The fourth-order valence-corrected chi connectivity index (χ4v) is 8.18. The summed E-state index contributed by atoms with van der Waals surface area (Å²) < 4.78 is 0. The van der Waals surface area contributed by atoms with Gasteiger partial charge in [0.05, 0.1) is 22.4 Å². The van der Waals surface area contributed by atoms with Crippen molar-refractivity contribution in [2.24, 2.45) is 0 Å². The maximum Gasteiger partial charge on any atom is 0.160 e. The number of hydrogen-bond donors (Lipinski definition) is 0. The molecule has 240 valence electrons. The highest BCUT2D eigenvalue weighted by atomic mass is 14.9. The quantitative estimate of drug-likeness (QED) is 0.178. The minimum absolute atomic E-state index is 0.168. The Bertz CT molecular complexity index is 2800. The van der Waals surface area contributed by atoms with E-state index in [2.05, 4.69) is 166 Å². The first-order chi connectivity index (χ1) is 25.0. The number of rotatable bonds is 4. The number of nitrogens with zero attached hydrogens (tertiary/aromatic N) is 3. The van der Waals surface area contributed by atoms with Crippen LogP contribution in [0.5, 0.6) is 0 Å². The lowest BCUT2D eigenvalue weighted by atomic mass is 9.79. The van der Waals surface area contributed by atoms with Crippen LogP contribution in [0, 0.1) is 0 Å². The van der Waals surface area contributed by atoms with E-state index in [0.29, 0.717) is 5.82 Å². The van der Waals surface area contributed by atoms with E-state index in [4.69, 9.17) is 15.0 Å². The number of aromatic nitrogens is 3. The van der Waals surface area contributed by atoms with Gasteiger partial charge in [-0.3, -0.25) is 0 Å². The summed E-state index contributed by atoms with van der Waals surface area (Å²) in [5, 5.41) is 4.68. The Morgan fingerprint density at radius 2 is 0.941 bits per heavy atom. The summed E-state index contributed by atoms with van der Waals surface area (Å²) in [6.45, 7) is 4.70. The molecule has 3 nitrogen and oxygen atoms in total. The van der Waals surface area contributed by atoms with Gasteiger partial charge in [-0.25, -0.2) is 15.0 Å². The highest BCUT2D eigenvalue weighted by Crippen LogP contribution is 2.53. The summed E-state index contributed by atoms with van der Waals surface area (Å²) in [7, 11) is 0. The lowest BCUT2D eigenvalue weighted by Crippen LogP contribution is -2.16. The smallest absolute Gasteiger partial charge is 0.160 e. The van der Waals surface area contributed by atoms with Gasteiger partial charge < -0.3 is 0 Å². The second-order valence-corrected chi connectivity index (χ2v) is 14.0. The minimum Gasteiger partial charge on any atom is -0.247 e. The number of fused-ring (bicyclic) bond motifs is 8. The van der Waals surface area contributed by atoms with Crippen LogP contribution in [0.15, 0.2) is 164 Å². The molecular formula is C48H33N3. The van der Waals surface area contributed by atoms with Crippen molar-refractivity contribution in [3.8, 4) is 56.2 Å². The van der Waals surface area contributed by atoms with Gasteiger partial charge in [0.15, 0.2) is 5.82 Å². The third-order valence-electron chi connectivity index (χ3n) is 10.7. The first-order valence-corrected chi connectivity index (χ1v) is 17.5. The monoisotopic (exact) mass is 651 g/mol. The van der Waals surface area contributed by atoms with Crippen molar-refractivity contribution in [1.29, 1.82) is 0 Å². The molecule has 0 N–H and O–H groups in total. The molecule has 0 saturated heterocycles. The summed E-state index contributed by atoms with van der Waals surface area (Å²) in [6, 6.07) is 58.0. The van der Waals surface area contributed by atoms with Gasteiger partial charge in [0.2, 0.25) is 0 Å². The maximum absolute atomic E-state index is 5.37. The zero-order valence-corrected chi connectivity index (χ0v) is 28.4. The van der Waals surface area contributed by atoms with E-state index in [0.717, 1.165) is 44.5 Å². The molecule has 0 radical (unpaired) electrons. The van der Waals surface area contributed by atoms with Crippen LogP contribution in [-0.4, -0.2) is 15.0 Å². The Hall–Kier alpha value is -6.45. The van der Waals surface area contributed by atoms with Crippen LogP contribution in [0.4, 0.5) is 0 Å². The topological polar surface area (TPSA) is 38.7 Å². The molecule has 9 aromatic rings. The van der Waals surface area contributed by atoms with Crippen LogP contribution >= 0.6 is 0 Å². The predicted octanol–water partition coefficient (Wildman–Crippen LogP) is 12.3. The van der Waals surface area contributed by atoms with E-state index in [1.807, 2.05) is 12.1 Å². The van der Waals surface area contributed by atoms with Crippen LogP contribution in [0.3, 0.4) is 0 Å². The van der Waals surface area contributed by atoms with Crippen molar-refractivity contribution in [2.75, 3.05) is 0 Å². The summed E-state index contributed by atoms with van der Waals surface area (Å²) in [5.74, 6) is 0.705. The van der Waals surface area contributed by atoms with E-state index in [1.165, 1.54) is 49.5 Å². The van der Waals surface area contributed by atoms with Crippen molar-refractivity contribution in [3.05, 3.63) is 175 Å². The molecule has 0 amide bonds. The van der Waals surface area contributed by atoms with Crippen molar-refractivity contribution in [1.82, 2.24) is 15.0 Å². The first-order valence-electron chi connectivity index (χ1n) is 17.5. The normalized spacial score (nSPS) is 13.1. The molecule has 2 aromatic heterocycles. The Labute approximate surface area is 297 Å². The molecule has 0 atom stereocenters. The van der Waals surface area contributed by atoms with Crippen molar-refractivity contribution in [2.45, 2.75) is 19.3 Å². The predicted molar refractivity (Wildman–Crippen MR) is 212 cm³/mol. The van der Waals surface area contributed by atoms with Crippen molar-refractivity contribution in [3.63, 3.8) is 0 Å². The first kappa shape index (κ1) is 29.5. The summed E-state index contributed by atoms with van der Waals surface area (Å²) >= 11 is 0. The van der Waals surface area contributed by atoms with Gasteiger partial charge in [-0.2, -0.15) is 0 Å². The average molecular weight is 652 g/mol. The van der Waals surface area contributed by atoms with Crippen LogP contribution in [-0.2, 0) is 5.41 Å². The number of benzene rings is 7. The van der Waals surface area contributed by atoms with Gasteiger partial charge in [0.1, 0.15) is 0 Å². The molecule has 0 unspecified atom stereocenters. The van der Waals surface area contributed by atoms with Crippen LogP contribution in [0.25, 0.3) is 88.7 Å². The van der Waals surface area contributed by atoms with Gasteiger partial charge >= 0.3 is 0 Å². The fourth-order valence-electron chi connectivity index (χ4n) is 8.18. The molecule has 0 fully saturated rings. The second-order valence-electron chi connectivity index (χ2n) is 14.0. The zero-order valence-electron chi connectivity index (χ0n) is 28.4. The molecule has 1 aliphatic carbocycles. The third kappa shape index (κ3) is 4.62. The molecule has 3 heteroatoms. The van der Waals surface area contributed by atoms with Gasteiger partial charge in [-0.05, 0) is 50.9 Å². The van der Waals surface area contributed by atoms with Crippen molar-refractivity contribution < 1.29 is 0 Å². The van der Waals surface area contributed by atoms with E-state index in [1.54, 1.807) is 0 Å². The largest absolute Gasteiger partial charge is 0.247 e. The summed E-state index contributed by atoms with van der Waals surface area (Å²) in [4.78, 5) is 15.6. The standard InChI is InChI=1S/C48H33N3/c1-48(2)40-17-9-6-14-35(40)38-29-28-37-36-15-7-10-18-41(36)49-46(43(37)44(38)48)33-24-26-34(27-25-33)47-50-42-19-11-8-16-39(42)45(51-47)32-22-20-31(21-23-32)30-12-4-3-5-13-30/h3-29H,1-2H3. The van der Waals surface area contributed by atoms with E-state index < -0.39 is 0 Å². The lowest BCUT2D eigenvalue weighted by molar-refractivity contribution is 0.666. The van der Waals surface area contributed by atoms with E-state index in [-0.39, 0.29) is 5.41 Å². The van der Waals surface area contributed by atoms with Gasteiger partial charge in [-0.1, -0.05) is 166 Å². The lowest BCUT2D eigenvalue weighted by Gasteiger charge is -2.24. The zero-order chi connectivity index (χ0) is 34.1. The van der Waals surface area contributed by atoms with E-state index in [9.17, 15) is 0 Å². The van der Waals surface area contributed by atoms with Gasteiger partial charge in [-0.15, -0.1) is 0 Å². The Balaban J connectivity index is 1.12. The average Bonchev–Trinajstić information content (AvgIpc) is 3.43. The molecular weight excluding hydrogens is 619 g/mol. The highest BCUT2D eigenvalue weighted by Gasteiger charge is 2.37. The van der Waals surface area contributed by atoms with Crippen LogP contribution in [0.2, 0.25) is 0 Å². The molecule has 1 aliphatic rings. The molecule has 0 bridgehead atoms. The molecule has 0 saturated carbocycles. The Morgan fingerprint density at radius 1 is 0.373 bits per heavy atom.